The van der Waals surface area contributed by atoms with Gasteiger partial charge in [-0.1, -0.05) is 13.8 Å². The van der Waals surface area contributed by atoms with Gasteiger partial charge in [0.25, 0.3) is 0 Å². The van der Waals surface area contributed by atoms with E-state index in [1.807, 2.05) is 13.8 Å². The topological polar surface area (TPSA) is 71.2 Å². The van der Waals surface area contributed by atoms with Crippen molar-refractivity contribution in [2.75, 3.05) is 0 Å². The molecule has 80 valence electrons. The molecule has 1 rings (SSSR count). The third kappa shape index (κ3) is 2.52. The minimum Gasteiger partial charge on any atom is -0.390 e. The Labute approximate surface area is 83.4 Å². The molecule has 2 atom stereocenters. The van der Waals surface area contributed by atoms with Gasteiger partial charge in [-0.2, -0.15) is 5.10 Å². The van der Waals surface area contributed by atoms with Crippen LogP contribution in [0.15, 0.2) is 6.33 Å². The molecule has 0 aliphatic carbocycles. The number of hydrogen-bond donors (Lipinski definition) is 2. The Bertz CT molecular complexity index is 285. The number of aromatic nitrogens is 3. The van der Waals surface area contributed by atoms with Crippen LogP contribution in [0.5, 0.6) is 0 Å². The Hall–Kier alpha value is -0.940. The number of nitrogens with zero attached hydrogens (tertiary/aromatic N) is 3. The zero-order valence-corrected chi connectivity index (χ0v) is 8.75. The molecule has 5 heteroatoms. The van der Waals surface area contributed by atoms with Crippen LogP contribution in [0, 0.1) is 5.92 Å². The summed E-state index contributed by atoms with van der Waals surface area (Å²) >= 11 is 0. The summed E-state index contributed by atoms with van der Waals surface area (Å²) in [5, 5.41) is 23.1. The molecule has 14 heavy (non-hydrogen) atoms. The van der Waals surface area contributed by atoms with Crippen LogP contribution in [0.25, 0.3) is 0 Å². The molecule has 1 heterocycles. The van der Waals surface area contributed by atoms with Gasteiger partial charge in [0.05, 0.1) is 12.2 Å². The number of aryl methyl sites for hydroxylation is 1. The lowest BCUT2D eigenvalue weighted by atomic mass is 9.99. The van der Waals surface area contributed by atoms with Crippen LogP contribution in [0.3, 0.4) is 0 Å². The molecule has 0 spiro atoms. The third-order valence-electron chi connectivity index (χ3n) is 2.27. The first kappa shape index (κ1) is 11.1. The van der Waals surface area contributed by atoms with E-state index >= 15 is 0 Å². The lowest BCUT2D eigenvalue weighted by molar-refractivity contribution is -0.00867. The first-order chi connectivity index (χ1) is 6.52. The standard InChI is InChI=1S/C9H17N3O2/c1-6(2)9(14)7(13)4-8-10-5-11-12(8)3/h5-7,9,13-14H,4H2,1-3H3. The summed E-state index contributed by atoms with van der Waals surface area (Å²) in [6.45, 7) is 3.73. The zero-order valence-electron chi connectivity index (χ0n) is 8.75. The van der Waals surface area contributed by atoms with Crippen molar-refractivity contribution in [1.82, 2.24) is 14.8 Å². The van der Waals surface area contributed by atoms with Gasteiger partial charge >= 0.3 is 0 Å². The lowest BCUT2D eigenvalue weighted by Crippen LogP contribution is -2.33. The van der Waals surface area contributed by atoms with E-state index < -0.39 is 12.2 Å². The average Bonchev–Trinajstić information content (AvgIpc) is 2.50. The van der Waals surface area contributed by atoms with E-state index in [4.69, 9.17) is 0 Å². The first-order valence-corrected chi connectivity index (χ1v) is 4.71. The van der Waals surface area contributed by atoms with E-state index in [1.54, 1.807) is 11.7 Å². The van der Waals surface area contributed by atoms with Crippen LogP contribution in [0.1, 0.15) is 19.7 Å². The molecule has 0 bridgehead atoms. The van der Waals surface area contributed by atoms with Crippen molar-refractivity contribution in [3.63, 3.8) is 0 Å². The van der Waals surface area contributed by atoms with Crippen LogP contribution >= 0.6 is 0 Å². The molecule has 0 saturated carbocycles. The van der Waals surface area contributed by atoms with Gasteiger partial charge in [0.15, 0.2) is 0 Å². The highest BCUT2D eigenvalue weighted by atomic mass is 16.3. The summed E-state index contributed by atoms with van der Waals surface area (Å²) in [4.78, 5) is 3.98. The fraction of sp³-hybridized carbons (Fsp3) is 0.778. The van der Waals surface area contributed by atoms with Crippen LogP contribution in [0.2, 0.25) is 0 Å². The predicted molar refractivity (Wildman–Crippen MR) is 51.6 cm³/mol. The van der Waals surface area contributed by atoms with Gasteiger partial charge in [0, 0.05) is 13.5 Å². The van der Waals surface area contributed by atoms with Crippen LogP contribution in [-0.4, -0.2) is 37.2 Å². The molecular formula is C9H17N3O2. The molecule has 0 aliphatic heterocycles. The zero-order chi connectivity index (χ0) is 10.7. The highest BCUT2D eigenvalue weighted by Gasteiger charge is 2.21. The minimum absolute atomic E-state index is 0.0400. The molecule has 0 aliphatic rings. The van der Waals surface area contributed by atoms with Crippen LogP contribution in [0.4, 0.5) is 0 Å². The summed E-state index contributed by atoms with van der Waals surface area (Å²) in [7, 11) is 1.76. The fourth-order valence-corrected chi connectivity index (χ4v) is 1.26. The van der Waals surface area contributed by atoms with E-state index in [2.05, 4.69) is 10.1 Å². The molecule has 1 aromatic heterocycles. The van der Waals surface area contributed by atoms with E-state index in [0.717, 1.165) is 0 Å². The van der Waals surface area contributed by atoms with Gasteiger partial charge in [-0.15, -0.1) is 0 Å². The van der Waals surface area contributed by atoms with E-state index in [1.165, 1.54) is 6.33 Å². The third-order valence-corrected chi connectivity index (χ3v) is 2.27. The van der Waals surface area contributed by atoms with Gasteiger partial charge in [-0.25, -0.2) is 4.98 Å². The van der Waals surface area contributed by atoms with Gasteiger partial charge in [-0.3, -0.25) is 4.68 Å². The molecule has 0 fully saturated rings. The second-order valence-corrected chi connectivity index (χ2v) is 3.81. The molecular weight excluding hydrogens is 182 g/mol. The fourth-order valence-electron chi connectivity index (χ4n) is 1.26. The Morgan fingerprint density at radius 2 is 2.07 bits per heavy atom. The van der Waals surface area contributed by atoms with Gasteiger partial charge in [0.1, 0.15) is 12.2 Å². The Morgan fingerprint density at radius 1 is 1.43 bits per heavy atom. The number of rotatable bonds is 4. The molecule has 5 nitrogen and oxygen atoms in total. The summed E-state index contributed by atoms with van der Waals surface area (Å²) in [5.74, 6) is 0.718. The quantitative estimate of drug-likeness (QED) is 0.700. The summed E-state index contributed by atoms with van der Waals surface area (Å²) < 4.78 is 1.59. The Morgan fingerprint density at radius 3 is 2.50 bits per heavy atom. The van der Waals surface area contributed by atoms with Gasteiger partial charge in [0.2, 0.25) is 0 Å². The van der Waals surface area contributed by atoms with Crippen molar-refractivity contribution < 1.29 is 10.2 Å². The smallest absolute Gasteiger partial charge is 0.138 e. The highest BCUT2D eigenvalue weighted by Crippen LogP contribution is 2.09. The van der Waals surface area contributed by atoms with E-state index in [9.17, 15) is 10.2 Å². The SMILES string of the molecule is CC(C)C(O)C(O)Cc1ncnn1C. The highest BCUT2D eigenvalue weighted by molar-refractivity contribution is 4.89. The maximum atomic E-state index is 9.65. The van der Waals surface area contributed by atoms with Crippen LogP contribution in [-0.2, 0) is 13.5 Å². The largest absolute Gasteiger partial charge is 0.390 e. The number of aliphatic hydroxyl groups is 2. The monoisotopic (exact) mass is 199 g/mol. The average molecular weight is 199 g/mol. The van der Waals surface area contributed by atoms with E-state index in [-0.39, 0.29) is 5.92 Å². The molecule has 1 aromatic rings. The first-order valence-electron chi connectivity index (χ1n) is 4.71. The predicted octanol–water partition coefficient (Wildman–Crippen LogP) is -0.265. The second-order valence-electron chi connectivity index (χ2n) is 3.81. The maximum absolute atomic E-state index is 9.65. The molecule has 0 aromatic carbocycles. The summed E-state index contributed by atoms with van der Waals surface area (Å²) in [6.07, 6.45) is 0.268. The van der Waals surface area contributed by atoms with Gasteiger partial charge < -0.3 is 10.2 Å². The summed E-state index contributed by atoms with van der Waals surface area (Å²) in [5.41, 5.74) is 0. The molecule has 0 amide bonds. The van der Waals surface area contributed by atoms with Crippen molar-refractivity contribution in [2.24, 2.45) is 13.0 Å². The molecule has 2 unspecified atom stereocenters. The molecule has 0 saturated heterocycles. The van der Waals surface area contributed by atoms with Crippen molar-refractivity contribution >= 4 is 0 Å². The molecule has 0 radical (unpaired) electrons. The molecule has 2 N–H and O–H groups in total. The maximum Gasteiger partial charge on any atom is 0.138 e. The summed E-state index contributed by atoms with van der Waals surface area (Å²) in [6, 6.07) is 0. The van der Waals surface area contributed by atoms with Gasteiger partial charge in [-0.05, 0) is 5.92 Å². The number of hydrogen-bond acceptors (Lipinski definition) is 4. The Kier molecular flexibility index (Phi) is 3.60. The number of aliphatic hydroxyl groups excluding tert-OH is 2. The van der Waals surface area contributed by atoms with Crippen LogP contribution < -0.4 is 0 Å². The van der Waals surface area contributed by atoms with Crippen molar-refractivity contribution in [3.8, 4) is 0 Å². The minimum atomic E-state index is -0.780. The lowest BCUT2D eigenvalue weighted by Gasteiger charge is -2.20. The van der Waals surface area contributed by atoms with E-state index in [0.29, 0.717) is 12.2 Å². The second kappa shape index (κ2) is 4.52. The van der Waals surface area contributed by atoms with Crippen molar-refractivity contribution in [1.29, 1.82) is 0 Å². The van der Waals surface area contributed by atoms with Crippen molar-refractivity contribution in [3.05, 3.63) is 12.2 Å². The van der Waals surface area contributed by atoms with Crippen molar-refractivity contribution in [2.45, 2.75) is 32.5 Å². The Balaban J connectivity index is 2.57. The normalized spacial score (nSPS) is 15.9.